The van der Waals surface area contributed by atoms with Crippen molar-refractivity contribution in [3.8, 4) is 0 Å². The molecule has 104 valence electrons. The highest BCUT2D eigenvalue weighted by Gasteiger charge is 2.38. The Bertz CT molecular complexity index is 492. The van der Waals surface area contributed by atoms with E-state index in [1.165, 1.54) is 11.1 Å². The lowest BCUT2D eigenvalue weighted by molar-refractivity contribution is -0.142. The highest BCUT2D eigenvalue weighted by atomic mass is 79.9. The van der Waals surface area contributed by atoms with Crippen molar-refractivity contribution in [3.05, 3.63) is 33.8 Å². The number of hydrogen-bond acceptors (Lipinski definition) is 3. The van der Waals surface area contributed by atoms with Crippen LogP contribution in [0.1, 0.15) is 24.0 Å². The summed E-state index contributed by atoms with van der Waals surface area (Å²) in [6.07, 6.45) is 1.24. The van der Waals surface area contributed by atoms with Crippen molar-refractivity contribution in [1.29, 1.82) is 0 Å². The molecule has 1 fully saturated rings. The van der Waals surface area contributed by atoms with Gasteiger partial charge in [0.15, 0.2) is 5.60 Å². The molecular weight excluding hydrogens is 308 g/mol. The van der Waals surface area contributed by atoms with Gasteiger partial charge in [0.1, 0.15) is 0 Å². The monoisotopic (exact) mass is 326 g/mol. The fourth-order valence-corrected chi connectivity index (χ4v) is 2.93. The second-order valence-electron chi connectivity index (χ2n) is 5.23. The quantitative estimate of drug-likeness (QED) is 0.886. The third-order valence-corrected chi connectivity index (χ3v) is 4.64. The maximum Gasteiger partial charge on any atom is 0.250 e. The van der Waals surface area contributed by atoms with E-state index >= 15 is 0 Å². The van der Waals surface area contributed by atoms with Gasteiger partial charge in [0, 0.05) is 17.6 Å². The van der Waals surface area contributed by atoms with Gasteiger partial charge >= 0.3 is 0 Å². The van der Waals surface area contributed by atoms with E-state index in [4.69, 9.17) is 5.73 Å². The lowest BCUT2D eigenvalue weighted by atomic mass is 9.91. The molecule has 5 heteroatoms. The van der Waals surface area contributed by atoms with Gasteiger partial charge in [-0.25, -0.2) is 0 Å². The van der Waals surface area contributed by atoms with Crippen LogP contribution in [0.4, 0.5) is 0 Å². The Balaban J connectivity index is 2.11. The number of hydrogen-bond donors (Lipinski definition) is 2. The Hall–Kier alpha value is -0.910. The average molecular weight is 327 g/mol. The van der Waals surface area contributed by atoms with Crippen LogP contribution in [0, 0.1) is 6.92 Å². The molecule has 0 bridgehead atoms. The number of aliphatic hydroxyl groups is 1. The zero-order chi connectivity index (χ0) is 14.0. The van der Waals surface area contributed by atoms with Crippen LogP contribution in [0.3, 0.4) is 0 Å². The van der Waals surface area contributed by atoms with Crippen molar-refractivity contribution in [2.45, 2.75) is 31.9 Å². The summed E-state index contributed by atoms with van der Waals surface area (Å²) >= 11 is 3.51. The van der Waals surface area contributed by atoms with E-state index in [0.717, 1.165) is 24.0 Å². The van der Waals surface area contributed by atoms with Crippen molar-refractivity contribution >= 4 is 21.8 Å². The SMILES string of the molecule is Cc1c(Br)cccc1CN1CCC[C@](O)(C(N)=O)C1. The van der Waals surface area contributed by atoms with Gasteiger partial charge in [-0.3, -0.25) is 9.69 Å². The number of primary amides is 1. The summed E-state index contributed by atoms with van der Waals surface area (Å²) in [5.41, 5.74) is 6.30. The number of benzene rings is 1. The highest BCUT2D eigenvalue weighted by molar-refractivity contribution is 9.10. The van der Waals surface area contributed by atoms with Gasteiger partial charge in [-0.05, 0) is 43.5 Å². The standard InChI is InChI=1S/C14H19BrN2O2/c1-10-11(4-2-5-12(10)15)8-17-7-3-6-14(19,9-17)13(16)18/h2,4-5,19H,3,6-9H2,1H3,(H2,16,18)/t14-/m1/s1. The number of halogens is 1. The molecule has 0 radical (unpaired) electrons. The summed E-state index contributed by atoms with van der Waals surface area (Å²) < 4.78 is 1.08. The van der Waals surface area contributed by atoms with Crippen LogP contribution in [0.25, 0.3) is 0 Å². The molecule has 1 saturated heterocycles. The molecular formula is C14H19BrN2O2. The Labute approximate surface area is 121 Å². The van der Waals surface area contributed by atoms with Gasteiger partial charge in [0.05, 0.1) is 0 Å². The molecule has 1 aliphatic rings. The maximum atomic E-state index is 11.3. The Morgan fingerprint density at radius 1 is 1.58 bits per heavy atom. The summed E-state index contributed by atoms with van der Waals surface area (Å²) in [6.45, 7) is 3.97. The Kier molecular flexibility index (Phi) is 4.28. The molecule has 1 aliphatic heterocycles. The maximum absolute atomic E-state index is 11.3. The van der Waals surface area contributed by atoms with Gasteiger partial charge < -0.3 is 10.8 Å². The van der Waals surface area contributed by atoms with Gasteiger partial charge in [-0.2, -0.15) is 0 Å². The number of nitrogens with zero attached hydrogens (tertiary/aromatic N) is 1. The number of carbonyl (C=O) groups is 1. The van der Waals surface area contributed by atoms with Crippen LogP contribution >= 0.6 is 15.9 Å². The first-order valence-corrected chi connectivity index (χ1v) is 7.20. The van der Waals surface area contributed by atoms with Crippen LogP contribution in [-0.4, -0.2) is 34.6 Å². The molecule has 0 aromatic heterocycles. The minimum absolute atomic E-state index is 0.314. The zero-order valence-corrected chi connectivity index (χ0v) is 12.6. The molecule has 1 atom stereocenters. The molecule has 1 aromatic carbocycles. The zero-order valence-electron chi connectivity index (χ0n) is 11.0. The topological polar surface area (TPSA) is 66.6 Å². The van der Waals surface area contributed by atoms with E-state index < -0.39 is 11.5 Å². The van der Waals surface area contributed by atoms with E-state index in [-0.39, 0.29) is 0 Å². The summed E-state index contributed by atoms with van der Waals surface area (Å²) in [4.78, 5) is 13.4. The fourth-order valence-electron chi connectivity index (χ4n) is 2.52. The summed E-state index contributed by atoms with van der Waals surface area (Å²) in [7, 11) is 0. The van der Waals surface area contributed by atoms with E-state index in [1.807, 2.05) is 12.1 Å². The third kappa shape index (κ3) is 3.16. The number of amides is 1. The molecule has 2 rings (SSSR count). The largest absolute Gasteiger partial charge is 0.379 e. The van der Waals surface area contributed by atoms with Crippen molar-refractivity contribution < 1.29 is 9.90 Å². The first kappa shape index (κ1) is 14.5. The van der Waals surface area contributed by atoms with Crippen LogP contribution in [0.15, 0.2) is 22.7 Å². The fraction of sp³-hybridized carbons (Fsp3) is 0.500. The van der Waals surface area contributed by atoms with Crippen molar-refractivity contribution in [2.24, 2.45) is 5.73 Å². The van der Waals surface area contributed by atoms with Gasteiger partial charge in [0.2, 0.25) is 0 Å². The van der Waals surface area contributed by atoms with E-state index in [0.29, 0.717) is 13.0 Å². The Morgan fingerprint density at radius 2 is 2.32 bits per heavy atom. The highest BCUT2D eigenvalue weighted by Crippen LogP contribution is 2.25. The van der Waals surface area contributed by atoms with Crippen molar-refractivity contribution in [2.75, 3.05) is 13.1 Å². The molecule has 1 heterocycles. The molecule has 0 aliphatic carbocycles. The molecule has 0 unspecified atom stereocenters. The van der Waals surface area contributed by atoms with Gasteiger partial charge in [-0.15, -0.1) is 0 Å². The van der Waals surface area contributed by atoms with Crippen LogP contribution in [0.5, 0.6) is 0 Å². The smallest absolute Gasteiger partial charge is 0.250 e. The number of nitrogens with two attached hydrogens (primary N) is 1. The third-order valence-electron chi connectivity index (χ3n) is 3.78. The van der Waals surface area contributed by atoms with E-state index in [2.05, 4.69) is 33.8 Å². The molecule has 0 spiro atoms. The average Bonchev–Trinajstić information content (AvgIpc) is 2.35. The first-order valence-electron chi connectivity index (χ1n) is 6.41. The molecule has 1 amide bonds. The molecule has 4 nitrogen and oxygen atoms in total. The van der Waals surface area contributed by atoms with Crippen LogP contribution in [0.2, 0.25) is 0 Å². The lowest BCUT2D eigenvalue weighted by Crippen LogP contribution is -2.55. The minimum Gasteiger partial charge on any atom is -0.379 e. The van der Waals surface area contributed by atoms with Crippen LogP contribution < -0.4 is 5.73 Å². The first-order chi connectivity index (χ1) is 8.92. The molecule has 1 aromatic rings. The second-order valence-corrected chi connectivity index (χ2v) is 6.09. The lowest BCUT2D eigenvalue weighted by Gasteiger charge is -2.37. The van der Waals surface area contributed by atoms with Gasteiger partial charge in [0.25, 0.3) is 5.91 Å². The van der Waals surface area contributed by atoms with E-state index in [1.54, 1.807) is 0 Å². The Morgan fingerprint density at radius 3 is 3.00 bits per heavy atom. The number of likely N-dealkylation sites (tertiary alicyclic amines) is 1. The molecule has 19 heavy (non-hydrogen) atoms. The molecule has 3 N–H and O–H groups in total. The van der Waals surface area contributed by atoms with Gasteiger partial charge in [-0.1, -0.05) is 28.1 Å². The normalized spacial score (nSPS) is 24.4. The minimum atomic E-state index is -1.38. The summed E-state index contributed by atoms with van der Waals surface area (Å²) in [6, 6.07) is 6.07. The summed E-state index contributed by atoms with van der Waals surface area (Å²) in [5.74, 6) is -0.622. The number of rotatable bonds is 3. The second kappa shape index (κ2) is 5.61. The number of piperidine rings is 1. The van der Waals surface area contributed by atoms with Crippen molar-refractivity contribution in [1.82, 2.24) is 4.90 Å². The predicted molar refractivity (Wildman–Crippen MR) is 77.5 cm³/mol. The van der Waals surface area contributed by atoms with E-state index in [9.17, 15) is 9.90 Å². The predicted octanol–water partition coefficient (Wildman–Crippen LogP) is 1.57. The number of β-amino-alcohol motifs (C(OH)–C–C–N with tert-alkyl or cyclic N) is 1. The number of carbonyl (C=O) groups excluding carboxylic acids is 1. The molecule has 0 saturated carbocycles. The van der Waals surface area contributed by atoms with Crippen LogP contribution in [-0.2, 0) is 11.3 Å². The van der Waals surface area contributed by atoms with Crippen molar-refractivity contribution in [3.63, 3.8) is 0 Å². The summed E-state index contributed by atoms with van der Waals surface area (Å²) in [5, 5.41) is 10.2.